The van der Waals surface area contributed by atoms with Gasteiger partial charge < -0.3 is 20.7 Å². The lowest BCUT2D eigenvalue weighted by molar-refractivity contribution is -0.139. The molecular formula is C32H44N4O5S. The highest BCUT2D eigenvalue weighted by molar-refractivity contribution is 7.99. The first kappa shape index (κ1) is 31.9. The number of hydrogen-bond acceptors (Lipinski definition) is 6. The van der Waals surface area contributed by atoms with Crippen molar-refractivity contribution in [1.82, 2.24) is 14.9 Å². The molecule has 4 N–H and O–H groups in total. The van der Waals surface area contributed by atoms with Crippen LogP contribution in [-0.4, -0.2) is 61.9 Å². The van der Waals surface area contributed by atoms with Gasteiger partial charge in [-0.1, -0.05) is 79.4 Å². The summed E-state index contributed by atoms with van der Waals surface area (Å²) in [5.41, 5.74) is 7.31. The molecule has 1 saturated carbocycles. The van der Waals surface area contributed by atoms with Gasteiger partial charge in [-0.25, -0.2) is 13.1 Å². The highest BCUT2D eigenvalue weighted by Crippen LogP contribution is 2.45. The molecule has 0 saturated heterocycles. The van der Waals surface area contributed by atoms with Crippen LogP contribution in [0.3, 0.4) is 0 Å². The Morgan fingerprint density at radius 2 is 1.79 bits per heavy atom. The van der Waals surface area contributed by atoms with Gasteiger partial charge in [-0.05, 0) is 57.2 Å². The van der Waals surface area contributed by atoms with Gasteiger partial charge in [0.15, 0.2) is 0 Å². The van der Waals surface area contributed by atoms with E-state index in [-0.39, 0.29) is 30.6 Å². The van der Waals surface area contributed by atoms with E-state index in [1.807, 2.05) is 68.4 Å². The molecule has 0 unspecified atom stereocenters. The molecule has 1 spiro atoms. The first-order valence-electron chi connectivity index (χ1n) is 14.7. The van der Waals surface area contributed by atoms with Gasteiger partial charge in [0.05, 0.1) is 29.2 Å². The Kier molecular flexibility index (Phi) is 9.92. The fourth-order valence-corrected chi connectivity index (χ4v) is 7.76. The van der Waals surface area contributed by atoms with Crippen molar-refractivity contribution < 1.29 is 22.7 Å². The fourth-order valence-electron chi connectivity index (χ4n) is 5.79. The minimum Gasteiger partial charge on any atom is -0.374 e. The Hall–Kier alpha value is -3.05. The smallest absolute Gasteiger partial charge is 0.247 e. The van der Waals surface area contributed by atoms with E-state index in [1.165, 1.54) is 0 Å². The van der Waals surface area contributed by atoms with Crippen molar-refractivity contribution in [2.75, 3.05) is 19.7 Å². The summed E-state index contributed by atoms with van der Waals surface area (Å²) in [4.78, 5) is 28.9. The first-order chi connectivity index (χ1) is 19.9. The van der Waals surface area contributed by atoms with Gasteiger partial charge in [-0.3, -0.25) is 9.59 Å². The molecule has 2 aromatic rings. The maximum Gasteiger partial charge on any atom is 0.247 e. The Bertz CT molecular complexity index is 1410. The third kappa shape index (κ3) is 7.29. The predicted octanol–water partition coefficient (Wildman–Crippen LogP) is 3.63. The number of nitrogens with one attached hydrogen (secondary N) is 2. The molecule has 0 radical (unpaired) electrons. The maximum atomic E-state index is 14.1. The third-order valence-corrected chi connectivity index (χ3v) is 9.74. The summed E-state index contributed by atoms with van der Waals surface area (Å²) in [6.07, 6.45) is 4.17. The zero-order chi connectivity index (χ0) is 30.5. The average molecular weight is 597 g/mol. The predicted molar refractivity (Wildman–Crippen MR) is 165 cm³/mol. The number of aryl methyl sites for hydroxylation is 1. The normalized spacial score (nSPS) is 18.6. The van der Waals surface area contributed by atoms with Crippen LogP contribution in [0.1, 0.15) is 69.6 Å². The number of amides is 2. The van der Waals surface area contributed by atoms with Gasteiger partial charge in [0.1, 0.15) is 6.04 Å². The van der Waals surface area contributed by atoms with E-state index in [1.54, 1.807) is 18.7 Å². The molecule has 2 amide bonds. The molecule has 10 heteroatoms. The minimum absolute atomic E-state index is 0.0580. The second-order valence-corrected chi connectivity index (χ2v) is 13.6. The van der Waals surface area contributed by atoms with Crippen molar-refractivity contribution in [3.05, 3.63) is 76.9 Å². The van der Waals surface area contributed by atoms with E-state index in [0.29, 0.717) is 30.5 Å². The summed E-state index contributed by atoms with van der Waals surface area (Å²) in [6, 6.07) is 16.0. The number of nitrogens with zero attached hydrogens (tertiary/aromatic N) is 1. The van der Waals surface area contributed by atoms with Crippen LogP contribution in [-0.2, 0) is 31.0 Å². The van der Waals surface area contributed by atoms with Crippen molar-refractivity contribution in [3.8, 4) is 0 Å². The SMILES string of the molecule is CCN(CC1=C(c2cccc(C)c2)S(=O)(=O)NC12CCCCC2)C(=O)[C@@H](COCc1ccccc1)NC(=O)C(C)(C)N. The minimum atomic E-state index is -3.82. The number of rotatable bonds is 11. The molecule has 42 heavy (non-hydrogen) atoms. The lowest BCUT2D eigenvalue weighted by Gasteiger charge is -2.38. The van der Waals surface area contributed by atoms with E-state index in [4.69, 9.17) is 10.5 Å². The van der Waals surface area contributed by atoms with Crippen molar-refractivity contribution in [1.29, 1.82) is 0 Å². The summed E-state index contributed by atoms with van der Waals surface area (Å²) in [6.45, 7) is 7.58. The van der Waals surface area contributed by atoms with Crippen LogP contribution in [0.4, 0.5) is 0 Å². The summed E-state index contributed by atoms with van der Waals surface area (Å²) in [7, 11) is -3.82. The number of ether oxygens (including phenoxy) is 1. The average Bonchev–Trinajstić information content (AvgIpc) is 3.15. The topological polar surface area (TPSA) is 131 Å². The molecule has 2 aromatic carbocycles. The fraction of sp³-hybridized carbons (Fsp3) is 0.500. The van der Waals surface area contributed by atoms with E-state index in [0.717, 1.165) is 30.4 Å². The van der Waals surface area contributed by atoms with Crippen molar-refractivity contribution in [3.63, 3.8) is 0 Å². The van der Waals surface area contributed by atoms with E-state index in [9.17, 15) is 18.0 Å². The number of carbonyl (C=O) groups excluding carboxylic acids is 2. The number of hydrogen-bond donors (Lipinski definition) is 3. The van der Waals surface area contributed by atoms with Gasteiger partial charge in [0.25, 0.3) is 0 Å². The Balaban J connectivity index is 1.68. The summed E-state index contributed by atoms with van der Waals surface area (Å²) in [5.74, 6) is -0.830. The third-order valence-electron chi connectivity index (χ3n) is 8.06. The van der Waals surface area contributed by atoms with Crippen LogP contribution >= 0.6 is 0 Å². The van der Waals surface area contributed by atoms with Gasteiger partial charge in [-0.2, -0.15) is 0 Å². The number of sulfonamides is 1. The van der Waals surface area contributed by atoms with Crippen LogP contribution in [0.15, 0.2) is 60.2 Å². The second-order valence-electron chi connectivity index (χ2n) is 12.0. The van der Waals surface area contributed by atoms with Gasteiger partial charge in [0.2, 0.25) is 21.8 Å². The molecule has 228 valence electrons. The second kappa shape index (κ2) is 13.1. The van der Waals surface area contributed by atoms with Crippen molar-refractivity contribution in [2.45, 2.75) is 83.5 Å². The molecule has 1 aliphatic heterocycles. The molecule has 0 bridgehead atoms. The molecule has 1 fully saturated rings. The van der Waals surface area contributed by atoms with Crippen molar-refractivity contribution >= 4 is 26.7 Å². The molecule has 2 aliphatic rings. The number of benzene rings is 2. The van der Waals surface area contributed by atoms with E-state index in [2.05, 4.69) is 10.0 Å². The summed E-state index contributed by atoms with van der Waals surface area (Å²) < 4.78 is 36.3. The first-order valence-corrected chi connectivity index (χ1v) is 16.2. The Labute approximate surface area is 249 Å². The Morgan fingerprint density at radius 1 is 1.10 bits per heavy atom. The molecule has 1 atom stereocenters. The number of likely N-dealkylation sites (N-methyl/N-ethyl adjacent to an activating group) is 1. The van der Waals surface area contributed by atoms with Crippen molar-refractivity contribution in [2.24, 2.45) is 5.73 Å². The molecule has 9 nitrogen and oxygen atoms in total. The summed E-state index contributed by atoms with van der Waals surface area (Å²) in [5, 5.41) is 2.79. The molecule has 4 rings (SSSR count). The standard InChI is InChI=1S/C32H44N4O5S/c1-5-36(29(37)27(34-30(38)31(3,4)33)22-41-21-24-14-8-6-9-15-24)20-26-28(25-16-12-13-23(2)19-25)42(39,40)35-32(26)17-10-7-11-18-32/h6,8-9,12-16,19,27,35H,5,7,10-11,17-18,20-22,33H2,1-4H3,(H,34,38)/t27-/m1/s1. The van der Waals surface area contributed by atoms with Gasteiger partial charge >= 0.3 is 0 Å². The van der Waals surface area contributed by atoms with Crippen LogP contribution in [0.25, 0.3) is 4.91 Å². The van der Waals surface area contributed by atoms with Crippen LogP contribution in [0.5, 0.6) is 0 Å². The number of carbonyl (C=O) groups is 2. The van der Waals surface area contributed by atoms with E-state index < -0.39 is 33.1 Å². The molecule has 0 aromatic heterocycles. The zero-order valence-electron chi connectivity index (χ0n) is 25.1. The monoisotopic (exact) mass is 596 g/mol. The molecule has 1 aliphatic carbocycles. The maximum absolute atomic E-state index is 14.1. The molecule has 1 heterocycles. The Morgan fingerprint density at radius 3 is 2.40 bits per heavy atom. The quantitative estimate of drug-likeness (QED) is 0.363. The number of nitrogens with two attached hydrogens (primary N) is 1. The van der Waals surface area contributed by atoms with E-state index >= 15 is 0 Å². The van der Waals surface area contributed by atoms with Crippen LogP contribution in [0, 0.1) is 6.92 Å². The van der Waals surface area contributed by atoms with Gasteiger partial charge in [0, 0.05) is 13.1 Å². The largest absolute Gasteiger partial charge is 0.374 e. The lowest BCUT2D eigenvalue weighted by Crippen LogP contribution is -2.58. The van der Waals surface area contributed by atoms with Crippen LogP contribution in [0.2, 0.25) is 0 Å². The highest BCUT2D eigenvalue weighted by atomic mass is 32.2. The molecular weight excluding hydrogens is 552 g/mol. The lowest BCUT2D eigenvalue weighted by atomic mass is 9.76. The van der Waals surface area contributed by atoms with Gasteiger partial charge in [-0.15, -0.1) is 0 Å². The summed E-state index contributed by atoms with van der Waals surface area (Å²) >= 11 is 0. The highest BCUT2D eigenvalue weighted by Gasteiger charge is 2.50. The van der Waals surface area contributed by atoms with Crippen LogP contribution < -0.4 is 15.8 Å². The zero-order valence-corrected chi connectivity index (χ0v) is 25.9.